The zero-order valence-electron chi connectivity index (χ0n) is 15.5. The Kier molecular flexibility index (Phi) is 4.84. The topological polar surface area (TPSA) is 109 Å². The van der Waals surface area contributed by atoms with Gasteiger partial charge in [0.1, 0.15) is 5.78 Å². The molecule has 1 heterocycles. The summed E-state index contributed by atoms with van der Waals surface area (Å²) in [4.78, 5) is 34.1. The van der Waals surface area contributed by atoms with E-state index in [4.69, 9.17) is 4.55 Å². The van der Waals surface area contributed by atoms with Crippen LogP contribution in [0.3, 0.4) is 0 Å². The van der Waals surface area contributed by atoms with E-state index in [1.807, 2.05) is 26.0 Å². The van der Waals surface area contributed by atoms with Crippen molar-refractivity contribution < 1.29 is 27.3 Å². The number of hydrogen-bond donors (Lipinski definition) is 1. The maximum atomic E-state index is 11.9. The van der Waals surface area contributed by atoms with Gasteiger partial charge in [0, 0.05) is 34.1 Å². The first-order valence-electron chi connectivity index (χ1n) is 8.99. The molecule has 2 unspecified atom stereocenters. The van der Waals surface area contributed by atoms with Crippen LogP contribution in [-0.4, -0.2) is 41.6 Å². The van der Waals surface area contributed by atoms with Gasteiger partial charge in [0.05, 0.1) is 11.2 Å². The van der Waals surface area contributed by atoms with Crippen molar-refractivity contribution in [3.05, 3.63) is 34.7 Å². The molecule has 3 aliphatic rings. The summed E-state index contributed by atoms with van der Waals surface area (Å²) in [6.45, 7) is 3.89. The van der Waals surface area contributed by atoms with E-state index in [1.54, 1.807) is 12.1 Å². The molecule has 2 saturated carbocycles. The van der Waals surface area contributed by atoms with E-state index in [0.717, 1.165) is 16.7 Å². The van der Waals surface area contributed by atoms with Crippen molar-refractivity contribution in [2.75, 3.05) is 12.3 Å². The van der Waals surface area contributed by atoms with Gasteiger partial charge >= 0.3 is 0 Å². The fourth-order valence-corrected chi connectivity index (χ4v) is 6.14. The van der Waals surface area contributed by atoms with Gasteiger partial charge in [0.25, 0.3) is 22.4 Å². The fraction of sp³-hybridized carbons (Fsp3) is 0.579. The first-order chi connectivity index (χ1) is 12.5. The number of rotatable bonds is 2. The van der Waals surface area contributed by atoms with E-state index >= 15 is 0 Å². The average molecular weight is 394 g/mol. The summed E-state index contributed by atoms with van der Waals surface area (Å²) in [6, 6.07) is 7.21. The summed E-state index contributed by atoms with van der Waals surface area (Å²) in [5.41, 5.74) is 0.353. The molecule has 2 fully saturated rings. The number of para-hydroxylation sites is 1. The highest BCUT2D eigenvalue weighted by Crippen LogP contribution is 2.64. The van der Waals surface area contributed by atoms with Gasteiger partial charge in [-0.05, 0) is 24.2 Å². The largest absolute Gasteiger partial charge is 0.299 e. The Morgan fingerprint density at radius 1 is 1.22 bits per heavy atom. The molecule has 1 N–H and O–H groups in total. The van der Waals surface area contributed by atoms with Crippen molar-refractivity contribution in [2.45, 2.75) is 39.5 Å². The first kappa shape index (κ1) is 19.8. The predicted molar refractivity (Wildman–Crippen MR) is 98.3 cm³/mol. The Balaban J connectivity index is 0.000000159. The minimum Gasteiger partial charge on any atom is -0.299 e. The summed E-state index contributed by atoms with van der Waals surface area (Å²) >= 11 is 0. The molecule has 0 amide bonds. The smallest absolute Gasteiger partial charge is 0.265 e. The van der Waals surface area contributed by atoms with Gasteiger partial charge in [0.15, 0.2) is 0 Å². The SMILES string of the molecule is CC1(C)C2CCC1(CS(=O)(=O)O)C(=O)C2.O=C1Cc2ccccc2[N+](=O)C1. The van der Waals surface area contributed by atoms with Gasteiger partial charge in [-0.3, -0.25) is 14.1 Å². The lowest BCUT2D eigenvalue weighted by molar-refractivity contribution is -0.453. The summed E-state index contributed by atoms with van der Waals surface area (Å²) in [5, 5.41) is 0. The number of benzene rings is 1. The van der Waals surface area contributed by atoms with E-state index in [2.05, 4.69) is 0 Å². The van der Waals surface area contributed by atoms with Gasteiger partial charge in [-0.25, -0.2) is 0 Å². The monoisotopic (exact) mass is 394 g/mol. The van der Waals surface area contributed by atoms with Crippen molar-refractivity contribution in [3.63, 3.8) is 0 Å². The van der Waals surface area contributed by atoms with Crippen LogP contribution in [0.2, 0.25) is 0 Å². The fourth-order valence-electron chi connectivity index (χ4n) is 4.84. The van der Waals surface area contributed by atoms with Crippen LogP contribution in [0.15, 0.2) is 24.3 Å². The number of ketones is 2. The lowest BCUT2D eigenvalue weighted by Gasteiger charge is -2.35. The van der Waals surface area contributed by atoms with Crippen LogP contribution in [0.1, 0.15) is 38.7 Å². The Bertz CT molecular complexity index is 920. The normalized spacial score (nSPS) is 28.6. The molecule has 146 valence electrons. The Morgan fingerprint density at radius 3 is 2.44 bits per heavy atom. The van der Waals surface area contributed by atoms with E-state index < -0.39 is 21.3 Å². The number of carbonyl (C=O) groups excluding carboxylic acids is 2. The van der Waals surface area contributed by atoms with Gasteiger partial charge in [-0.2, -0.15) is 8.42 Å². The van der Waals surface area contributed by atoms with Crippen molar-refractivity contribution in [2.24, 2.45) is 16.7 Å². The number of Topliss-reactive ketones (excluding diaryl/α,β-unsaturated/α-hetero) is 2. The third-order valence-electron chi connectivity index (χ3n) is 6.54. The molecule has 2 aliphatic carbocycles. The molecule has 27 heavy (non-hydrogen) atoms. The van der Waals surface area contributed by atoms with E-state index in [1.165, 1.54) is 0 Å². The van der Waals surface area contributed by atoms with Crippen molar-refractivity contribution in [1.29, 1.82) is 0 Å². The molecule has 2 bridgehead atoms. The molecule has 4 rings (SSSR count). The molecule has 1 aromatic rings. The molecule has 1 aromatic carbocycles. The molecule has 2 atom stereocenters. The highest BCUT2D eigenvalue weighted by atomic mass is 32.2. The van der Waals surface area contributed by atoms with Crippen LogP contribution in [0.5, 0.6) is 0 Å². The maximum absolute atomic E-state index is 11.9. The first-order valence-corrected chi connectivity index (χ1v) is 10.6. The summed E-state index contributed by atoms with van der Waals surface area (Å²) < 4.78 is 31.7. The summed E-state index contributed by atoms with van der Waals surface area (Å²) in [5.74, 6) is -0.112. The van der Waals surface area contributed by atoms with Crippen molar-refractivity contribution in [3.8, 4) is 0 Å². The third-order valence-corrected chi connectivity index (χ3v) is 7.39. The second-order valence-electron chi connectivity index (χ2n) is 8.27. The van der Waals surface area contributed by atoms with Crippen LogP contribution in [-0.2, 0) is 26.1 Å². The Hall–Kier alpha value is -1.93. The molecule has 1 aliphatic heterocycles. The average Bonchev–Trinajstić information content (AvgIpc) is 2.88. The highest BCUT2D eigenvalue weighted by molar-refractivity contribution is 7.85. The minimum absolute atomic E-state index is 0.00296. The van der Waals surface area contributed by atoms with Crippen LogP contribution in [0.25, 0.3) is 0 Å². The van der Waals surface area contributed by atoms with Crippen LogP contribution < -0.4 is 0 Å². The maximum Gasteiger partial charge on any atom is 0.265 e. The lowest BCUT2D eigenvalue weighted by atomic mass is 9.70. The molecule has 0 aromatic heterocycles. The minimum atomic E-state index is -4.08. The van der Waals surface area contributed by atoms with Crippen LogP contribution in [0.4, 0.5) is 5.69 Å². The van der Waals surface area contributed by atoms with Gasteiger partial charge in [-0.1, -0.05) is 32.0 Å². The lowest BCUT2D eigenvalue weighted by Crippen LogP contribution is -2.42. The van der Waals surface area contributed by atoms with Gasteiger partial charge in [-0.15, -0.1) is 0 Å². The van der Waals surface area contributed by atoms with Crippen molar-refractivity contribution >= 4 is 27.4 Å². The van der Waals surface area contributed by atoms with E-state index in [-0.39, 0.29) is 29.4 Å². The molecule has 0 saturated heterocycles. The third kappa shape index (κ3) is 3.48. The highest BCUT2D eigenvalue weighted by Gasteiger charge is 2.65. The second-order valence-corrected chi connectivity index (χ2v) is 9.73. The number of hydrogen-bond acceptors (Lipinski definition) is 5. The van der Waals surface area contributed by atoms with Crippen LogP contribution >= 0.6 is 0 Å². The second kappa shape index (κ2) is 6.60. The number of nitroso groups, excluding NO2 is 1. The predicted octanol–water partition coefficient (Wildman–Crippen LogP) is 2.49. The summed E-state index contributed by atoms with van der Waals surface area (Å²) in [6.07, 6.45) is 2.37. The number of fused-ring (bicyclic) bond motifs is 3. The molecular formula is C19H24NO6S+. The number of nitrogens with zero attached hydrogens (tertiary/aromatic N) is 1. The Labute approximate surface area is 158 Å². The molecule has 8 heteroatoms. The molecular weight excluding hydrogens is 370 g/mol. The van der Waals surface area contributed by atoms with Crippen LogP contribution in [0, 0.1) is 21.7 Å². The number of carbonyl (C=O) groups is 2. The molecule has 0 spiro atoms. The quantitative estimate of drug-likeness (QED) is 0.610. The summed E-state index contributed by atoms with van der Waals surface area (Å²) in [7, 11) is -4.08. The molecule has 7 nitrogen and oxygen atoms in total. The molecule has 0 radical (unpaired) electrons. The van der Waals surface area contributed by atoms with E-state index in [9.17, 15) is 22.9 Å². The van der Waals surface area contributed by atoms with E-state index in [0.29, 0.717) is 24.9 Å². The van der Waals surface area contributed by atoms with Gasteiger partial charge < -0.3 is 0 Å². The standard InChI is InChI=1S/C10H16O4S.C9H8NO2/c1-9(2)7-3-4-10(9,8(11)5-7)6-15(12,13)14;11-8-5-7-3-1-2-4-9(7)10(12)6-8/h7H,3-6H2,1-2H3,(H,12,13,14);1-4H,5-6H2/q;+1. The zero-order chi connectivity index (χ0) is 20.0. The van der Waals surface area contributed by atoms with Gasteiger partial charge in [0.2, 0.25) is 5.78 Å². The Morgan fingerprint density at radius 2 is 1.89 bits per heavy atom. The van der Waals surface area contributed by atoms with Crippen molar-refractivity contribution in [1.82, 2.24) is 0 Å². The zero-order valence-corrected chi connectivity index (χ0v) is 16.3.